The summed E-state index contributed by atoms with van der Waals surface area (Å²) in [7, 11) is 0. The number of hydrogen-bond acceptors (Lipinski definition) is 5. The molecule has 21 heavy (non-hydrogen) atoms. The standard InChI is InChI=1S/C12H19F3N4O2/c1-2-19-9-16-17-11(19)10-7-18(4-6-21-10)3-5-20-8-12(13,14)15/h9-10H,2-8H2,1H3. The normalized spacial score (nSPS) is 20.9. The first kappa shape index (κ1) is 16.2. The van der Waals surface area contributed by atoms with E-state index in [2.05, 4.69) is 14.9 Å². The van der Waals surface area contributed by atoms with Crippen molar-refractivity contribution in [1.82, 2.24) is 19.7 Å². The maximum absolute atomic E-state index is 12.0. The van der Waals surface area contributed by atoms with Gasteiger partial charge in [0.1, 0.15) is 19.0 Å². The van der Waals surface area contributed by atoms with Gasteiger partial charge in [0.25, 0.3) is 0 Å². The maximum Gasteiger partial charge on any atom is 0.411 e. The van der Waals surface area contributed by atoms with E-state index in [1.807, 2.05) is 16.4 Å². The lowest BCUT2D eigenvalue weighted by molar-refractivity contribution is -0.175. The molecule has 0 aliphatic carbocycles. The summed E-state index contributed by atoms with van der Waals surface area (Å²) < 4.78 is 48.1. The van der Waals surface area contributed by atoms with Crippen molar-refractivity contribution < 1.29 is 22.6 Å². The molecule has 0 radical (unpaired) electrons. The Morgan fingerprint density at radius 2 is 2.29 bits per heavy atom. The number of ether oxygens (including phenoxy) is 2. The topological polar surface area (TPSA) is 52.4 Å². The van der Waals surface area contributed by atoms with Crippen LogP contribution in [-0.4, -0.2) is 65.3 Å². The highest BCUT2D eigenvalue weighted by Gasteiger charge is 2.28. The van der Waals surface area contributed by atoms with E-state index in [1.165, 1.54) is 0 Å². The molecular weight excluding hydrogens is 289 g/mol. The number of aromatic nitrogens is 3. The highest BCUT2D eigenvalue weighted by molar-refractivity contribution is 4.94. The first-order valence-corrected chi connectivity index (χ1v) is 6.85. The third kappa shape index (κ3) is 4.94. The van der Waals surface area contributed by atoms with E-state index in [0.29, 0.717) is 26.2 Å². The number of halogens is 3. The summed E-state index contributed by atoms with van der Waals surface area (Å²) in [5, 5.41) is 7.92. The summed E-state index contributed by atoms with van der Waals surface area (Å²) >= 11 is 0. The zero-order chi connectivity index (χ0) is 15.3. The highest BCUT2D eigenvalue weighted by atomic mass is 19.4. The Hall–Kier alpha value is -1.19. The van der Waals surface area contributed by atoms with E-state index in [0.717, 1.165) is 12.4 Å². The lowest BCUT2D eigenvalue weighted by Gasteiger charge is -2.32. The average Bonchev–Trinajstić information content (AvgIpc) is 2.91. The smallest absolute Gasteiger partial charge is 0.371 e. The van der Waals surface area contributed by atoms with E-state index < -0.39 is 12.8 Å². The minimum absolute atomic E-state index is 0.0483. The van der Waals surface area contributed by atoms with Crippen molar-refractivity contribution in [2.75, 3.05) is 39.5 Å². The summed E-state index contributed by atoms with van der Waals surface area (Å²) in [5.74, 6) is 0.749. The third-order valence-electron chi connectivity index (χ3n) is 3.24. The molecule has 1 unspecified atom stereocenters. The molecule has 1 atom stereocenters. The molecule has 120 valence electrons. The van der Waals surface area contributed by atoms with Gasteiger partial charge < -0.3 is 14.0 Å². The quantitative estimate of drug-likeness (QED) is 0.740. The van der Waals surface area contributed by atoms with Gasteiger partial charge in [-0.2, -0.15) is 13.2 Å². The summed E-state index contributed by atoms with van der Waals surface area (Å²) in [6, 6.07) is 0. The first-order chi connectivity index (χ1) is 9.99. The minimum atomic E-state index is -4.27. The summed E-state index contributed by atoms with van der Waals surface area (Å²) in [5.41, 5.74) is 0. The molecule has 0 spiro atoms. The zero-order valence-electron chi connectivity index (χ0n) is 11.8. The number of alkyl halides is 3. The lowest BCUT2D eigenvalue weighted by atomic mass is 10.2. The van der Waals surface area contributed by atoms with Crippen molar-refractivity contribution in [3.05, 3.63) is 12.2 Å². The van der Waals surface area contributed by atoms with Crippen LogP contribution in [0.15, 0.2) is 6.33 Å². The molecule has 1 fully saturated rings. The zero-order valence-corrected chi connectivity index (χ0v) is 11.8. The minimum Gasteiger partial charge on any atom is -0.371 e. The Bertz CT molecular complexity index is 438. The molecule has 0 saturated carbocycles. The second kappa shape index (κ2) is 7.19. The van der Waals surface area contributed by atoms with Crippen molar-refractivity contribution in [2.24, 2.45) is 0 Å². The Morgan fingerprint density at radius 1 is 1.48 bits per heavy atom. The second-order valence-electron chi connectivity index (χ2n) is 4.80. The van der Waals surface area contributed by atoms with Crippen molar-refractivity contribution in [3.8, 4) is 0 Å². The molecule has 0 N–H and O–H groups in total. The van der Waals surface area contributed by atoms with Crippen molar-refractivity contribution in [2.45, 2.75) is 25.7 Å². The van der Waals surface area contributed by atoms with Crippen LogP contribution in [-0.2, 0) is 16.0 Å². The van der Waals surface area contributed by atoms with Gasteiger partial charge in [-0.1, -0.05) is 0 Å². The fourth-order valence-corrected chi connectivity index (χ4v) is 2.20. The van der Waals surface area contributed by atoms with Gasteiger partial charge in [0.05, 0.1) is 13.2 Å². The fraction of sp³-hybridized carbons (Fsp3) is 0.833. The van der Waals surface area contributed by atoms with Crippen LogP contribution < -0.4 is 0 Å². The van der Waals surface area contributed by atoms with Crippen molar-refractivity contribution in [3.63, 3.8) is 0 Å². The molecule has 9 heteroatoms. The van der Waals surface area contributed by atoms with Gasteiger partial charge in [-0.05, 0) is 6.92 Å². The second-order valence-corrected chi connectivity index (χ2v) is 4.80. The van der Waals surface area contributed by atoms with Crippen LogP contribution in [0.2, 0.25) is 0 Å². The van der Waals surface area contributed by atoms with E-state index in [4.69, 9.17) is 4.74 Å². The predicted molar refractivity (Wildman–Crippen MR) is 67.7 cm³/mol. The maximum atomic E-state index is 12.0. The number of aryl methyl sites for hydroxylation is 1. The molecule has 0 bridgehead atoms. The van der Waals surface area contributed by atoms with Crippen LogP contribution in [0.5, 0.6) is 0 Å². The van der Waals surface area contributed by atoms with Crippen LogP contribution >= 0.6 is 0 Å². The van der Waals surface area contributed by atoms with E-state index >= 15 is 0 Å². The number of morpholine rings is 1. The monoisotopic (exact) mass is 308 g/mol. The third-order valence-corrected chi connectivity index (χ3v) is 3.24. The molecule has 1 aliphatic rings. The lowest BCUT2D eigenvalue weighted by Crippen LogP contribution is -2.41. The van der Waals surface area contributed by atoms with Crippen LogP contribution in [0.4, 0.5) is 13.2 Å². The summed E-state index contributed by atoms with van der Waals surface area (Å²) in [6.45, 7) is 3.78. The van der Waals surface area contributed by atoms with Crippen LogP contribution in [0.25, 0.3) is 0 Å². The van der Waals surface area contributed by atoms with Crippen molar-refractivity contribution >= 4 is 0 Å². The molecule has 0 amide bonds. The Kier molecular flexibility index (Phi) is 5.54. The Labute approximate surface area is 120 Å². The SMILES string of the molecule is CCn1cnnc1C1CN(CCOCC(F)(F)F)CCO1. The summed E-state index contributed by atoms with van der Waals surface area (Å²) in [6.07, 6.45) is -2.83. The number of hydrogen-bond donors (Lipinski definition) is 0. The predicted octanol–water partition coefficient (Wildman–Crippen LogP) is 1.25. The molecule has 6 nitrogen and oxygen atoms in total. The highest BCUT2D eigenvalue weighted by Crippen LogP contribution is 2.20. The van der Waals surface area contributed by atoms with Gasteiger partial charge in [0.2, 0.25) is 0 Å². The molecule has 1 aromatic rings. The molecule has 2 rings (SSSR count). The largest absolute Gasteiger partial charge is 0.411 e. The molecular formula is C12H19F3N4O2. The molecule has 2 heterocycles. The van der Waals surface area contributed by atoms with Crippen LogP contribution in [0.1, 0.15) is 18.9 Å². The van der Waals surface area contributed by atoms with Crippen LogP contribution in [0, 0.1) is 0 Å². The van der Waals surface area contributed by atoms with E-state index in [1.54, 1.807) is 6.33 Å². The summed E-state index contributed by atoms with van der Waals surface area (Å²) in [4.78, 5) is 2.01. The molecule has 1 aliphatic heterocycles. The molecule has 0 aromatic carbocycles. The average molecular weight is 308 g/mol. The van der Waals surface area contributed by atoms with Gasteiger partial charge in [-0.15, -0.1) is 10.2 Å². The van der Waals surface area contributed by atoms with Crippen LogP contribution in [0.3, 0.4) is 0 Å². The van der Waals surface area contributed by atoms with Gasteiger partial charge in [0, 0.05) is 26.2 Å². The van der Waals surface area contributed by atoms with Gasteiger partial charge >= 0.3 is 6.18 Å². The van der Waals surface area contributed by atoms with E-state index in [-0.39, 0.29) is 12.7 Å². The number of nitrogens with zero attached hydrogens (tertiary/aromatic N) is 4. The first-order valence-electron chi connectivity index (χ1n) is 6.85. The van der Waals surface area contributed by atoms with Crippen molar-refractivity contribution in [1.29, 1.82) is 0 Å². The molecule has 1 saturated heterocycles. The Morgan fingerprint density at radius 3 is 3.00 bits per heavy atom. The van der Waals surface area contributed by atoms with Gasteiger partial charge in [-0.3, -0.25) is 4.90 Å². The number of rotatable bonds is 6. The van der Waals surface area contributed by atoms with Gasteiger partial charge in [-0.25, -0.2) is 0 Å². The fourth-order valence-electron chi connectivity index (χ4n) is 2.20. The van der Waals surface area contributed by atoms with E-state index in [9.17, 15) is 13.2 Å². The molecule has 1 aromatic heterocycles. The van der Waals surface area contributed by atoms with Gasteiger partial charge in [0.15, 0.2) is 5.82 Å². The Balaban J connectivity index is 1.78.